The number of nitrogens with one attached hydrogen (secondary N) is 1. The molecule has 0 heterocycles. The van der Waals surface area contributed by atoms with Crippen LogP contribution in [-0.2, 0) is 0 Å². The number of amides is 1. The maximum absolute atomic E-state index is 12.9. The highest BCUT2D eigenvalue weighted by molar-refractivity contribution is 9.10. The van der Waals surface area contributed by atoms with Crippen molar-refractivity contribution in [3.63, 3.8) is 0 Å². The van der Waals surface area contributed by atoms with Crippen molar-refractivity contribution in [2.75, 3.05) is 5.32 Å². The van der Waals surface area contributed by atoms with Gasteiger partial charge in [0.1, 0.15) is 11.6 Å². The molecule has 0 spiro atoms. The van der Waals surface area contributed by atoms with Crippen molar-refractivity contribution >= 4 is 27.5 Å². The minimum Gasteiger partial charge on any atom is -0.506 e. The molecule has 2 rings (SSSR count). The third-order valence-electron chi connectivity index (χ3n) is 2.33. The Morgan fingerprint density at radius 3 is 2.61 bits per heavy atom. The second-order valence-electron chi connectivity index (χ2n) is 3.60. The fourth-order valence-corrected chi connectivity index (χ4v) is 1.97. The quantitative estimate of drug-likeness (QED) is 0.834. The summed E-state index contributed by atoms with van der Waals surface area (Å²) in [7, 11) is 0. The van der Waals surface area contributed by atoms with Gasteiger partial charge in [-0.2, -0.15) is 0 Å². The Balaban J connectivity index is 2.25. The van der Waals surface area contributed by atoms with E-state index in [4.69, 9.17) is 0 Å². The lowest BCUT2D eigenvalue weighted by atomic mass is 10.2. The van der Waals surface area contributed by atoms with E-state index in [1.807, 2.05) is 0 Å². The highest BCUT2D eigenvalue weighted by atomic mass is 79.9. The summed E-state index contributed by atoms with van der Waals surface area (Å²) in [5, 5.41) is 12.1. The van der Waals surface area contributed by atoms with E-state index in [0.29, 0.717) is 15.7 Å². The van der Waals surface area contributed by atoms with Gasteiger partial charge in [0.2, 0.25) is 0 Å². The molecule has 5 heteroatoms. The van der Waals surface area contributed by atoms with Crippen molar-refractivity contribution < 1.29 is 14.3 Å². The third kappa shape index (κ3) is 2.68. The Hall–Kier alpha value is -1.88. The molecule has 18 heavy (non-hydrogen) atoms. The molecular weight excluding hydrogens is 301 g/mol. The monoisotopic (exact) mass is 309 g/mol. The third-order valence-corrected chi connectivity index (χ3v) is 2.98. The molecule has 2 aromatic rings. The molecular formula is C13H9BrFNO2. The van der Waals surface area contributed by atoms with Gasteiger partial charge in [0.25, 0.3) is 5.91 Å². The summed E-state index contributed by atoms with van der Waals surface area (Å²) in [6.45, 7) is 0. The lowest BCUT2D eigenvalue weighted by Gasteiger charge is -2.08. The van der Waals surface area contributed by atoms with Gasteiger partial charge in [0, 0.05) is 4.47 Å². The molecule has 3 nitrogen and oxygen atoms in total. The number of aromatic hydroxyl groups is 1. The van der Waals surface area contributed by atoms with Crippen LogP contribution in [0.2, 0.25) is 0 Å². The number of rotatable bonds is 2. The molecule has 0 bridgehead atoms. The van der Waals surface area contributed by atoms with Crippen LogP contribution in [-0.4, -0.2) is 11.0 Å². The first-order valence-corrected chi connectivity index (χ1v) is 5.91. The maximum Gasteiger partial charge on any atom is 0.256 e. The van der Waals surface area contributed by atoms with Gasteiger partial charge in [0.05, 0.1) is 11.3 Å². The summed E-state index contributed by atoms with van der Waals surface area (Å²) >= 11 is 3.12. The van der Waals surface area contributed by atoms with Gasteiger partial charge >= 0.3 is 0 Å². The summed E-state index contributed by atoms with van der Waals surface area (Å²) in [6.07, 6.45) is 0. The van der Waals surface area contributed by atoms with E-state index < -0.39 is 11.7 Å². The van der Waals surface area contributed by atoms with Crippen molar-refractivity contribution in [3.05, 3.63) is 58.3 Å². The number of phenolic OH excluding ortho intramolecular Hbond substituents is 1. The van der Waals surface area contributed by atoms with Gasteiger partial charge in [-0.05, 0) is 46.3 Å². The Morgan fingerprint density at radius 1 is 1.22 bits per heavy atom. The average molecular weight is 310 g/mol. The highest BCUT2D eigenvalue weighted by Crippen LogP contribution is 2.24. The Bertz CT molecular complexity index is 601. The van der Waals surface area contributed by atoms with Crippen LogP contribution < -0.4 is 5.32 Å². The molecule has 0 aliphatic carbocycles. The fourth-order valence-electron chi connectivity index (χ4n) is 1.44. The number of carbonyl (C=O) groups is 1. The number of phenols is 1. The number of hydrogen-bond acceptors (Lipinski definition) is 2. The van der Waals surface area contributed by atoms with Gasteiger partial charge in [-0.15, -0.1) is 0 Å². The number of halogens is 2. The molecule has 0 saturated heterocycles. The van der Waals surface area contributed by atoms with Crippen LogP contribution in [0.3, 0.4) is 0 Å². The van der Waals surface area contributed by atoms with E-state index in [9.17, 15) is 14.3 Å². The molecule has 0 aromatic heterocycles. The lowest BCUT2D eigenvalue weighted by Crippen LogP contribution is -2.12. The van der Waals surface area contributed by atoms with Crippen LogP contribution in [0, 0.1) is 5.82 Å². The second kappa shape index (κ2) is 5.18. The summed E-state index contributed by atoms with van der Waals surface area (Å²) in [4.78, 5) is 11.9. The average Bonchev–Trinajstić information content (AvgIpc) is 2.32. The van der Waals surface area contributed by atoms with E-state index in [2.05, 4.69) is 21.2 Å². The van der Waals surface area contributed by atoms with Crippen molar-refractivity contribution in [1.29, 1.82) is 0 Å². The Kier molecular flexibility index (Phi) is 3.62. The molecule has 1 amide bonds. The summed E-state index contributed by atoms with van der Waals surface area (Å²) in [5.74, 6) is -0.881. The highest BCUT2D eigenvalue weighted by Gasteiger charge is 2.12. The fraction of sp³-hybridized carbons (Fsp3) is 0. The normalized spacial score (nSPS) is 10.1. The predicted molar refractivity (Wildman–Crippen MR) is 70.2 cm³/mol. The first-order valence-electron chi connectivity index (χ1n) is 5.12. The zero-order valence-electron chi connectivity index (χ0n) is 9.15. The topological polar surface area (TPSA) is 49.3 Å². The maximum atomic E-state index is 12.9. The molecule has 0 saturated carbocycles. The van der Waals surface area contributed by atoms with Gasteiger partial charge in [-0.3, -0.25) is 4.79 Å². The second-order valence-corrected chi connectivity index (χ2v) is 4.45. The molecule has 2 aromatic carbocycles. The minimum absolute atomic E-state index is 0.0240. The Morgan fingerprint density at radius 2 is 1.94 bits per heavy atom. The lowest BCUT2D eigenvalue weighted by molar-refractivity contribution is 0.102. The molecule has 0 atom stereocenters. The van der Waals surface area contributed by atoms with Crippen LogP contribution in [0.4, 0.5) is 10.1 Å². The predicted octanol–water partition coefficient (Wildman–Crippen LogP) is 3.55. The smallest absolute Gasteiger partial charge is 0.256 e. The number of carbonyl (C=O) groups excluding carboxylic acids is 1. The van der Waals surface area contributed by atoms with Crippen LogP contribution in [0.15, 0.2) is 46.9 Å². The minimum atomic E-state index is -0.430. The van der Waals surface area contributed by atoms with E-state index in [0.717, 1.165) is 0 Å². The van der Waals surface area contributed by atoms with Gasteiger partial charge in [-0.25, -0.2) is 4.39 Å². The molecule has 0 fully saturated rings. The van der Waals surface area contributed by atoms with Crippen LogP contribution in [0.5, 0.6) is 5.75 Å². The van der Waals surface area contributed by atoms with E-state index in [-0.39, 0.29) is 5.75 Å². The Labute approximate surface area is 111 Å². The van der Waals surface area contributed by atoms with E-state index in [1.165, 1.54) is 24.3 Å². The van der Waals surface area contributed by atoms with Gasteiger partial charge < -0.3 is 10.4 Å². The van der Waals surface area contributed by atoms with Crippen molar-refractivity contribution in [2.45, 2.75) is 0 Å². The van der Waals surface area contributed by atoms with Gasteiger partial charge in [-0.1, -0.05) is 12.1 Å². The molecule has 0 aliphatic heterocycles. The van der Waals surface area contributed by atoms with Crippen molar-refractivity contribution in [2.24, 2.45) is 0 Å². The SMILES string of the molecule is O=C(Nc1ccccc1O)c1ccc(F)cc1Br. The first kappa shape index (κ1) is 12.6. The van der Waals surface area contributed by atoms with Gasteiger partial charge in [0.15, 0.2) is 0 Å². The summed E-state index contributed by atoms with van der Waals surface area (Å²) in [5.41, 5.74) is 0.596. The zero-order chi connectivity index (χ0) is 13.1. The molecule has 0 radical (unpaired) electrons. The first-order chi connectivity index (χ1) is 8.58. The van der Waals surface area contributed by atoms with E-state index >= 15 is 0 Å². The largest absolute Gasteiger partial charge is 0.506 e. The van der Waals surface area contributed by atoms with Crippen molar-refractivity contribution in [1.82, 2.24) is 0 Å². The van der Waals surface area contributed by atoms with E-state index in [1.54, 1.807) is 18.2 Å². The molecule has 2 N–H and O–H groups in total. The van der Waals surface area contributed by atoms with Crippen LogP contribution >= 0.6 is 15.9 Å². The van der Waals surface area contributed by atoms with Crippen LogP contribution in [0.25, 0.3) is 0 Å². The molecule has 92 valence electrons. The van der Waals surface area contributed by atoms with Crippen molar-refractivity contribution in [3.8, 4) is 5.75 Å². The number of benzene rings is 2. The number of anilines is 1. The molecule has 0 aliphatic rings. The number of hydrogen-bond donors (Lipinski definition) is 2. The zero-order valence-corrected chi connectivity index (χ0v) is 10.7. The van der Waals surface area contributed by atoms with Crippen LogP contribution in [0.1, 0.15) is 10.4 Å². The summed E-state index contributed by atoms with van der Waals surface area (Å²) in [6, 6.07) is 10.2. The number of para-hydroxylation sites is 2. The molecule has 0 unspecified atom stereocenters. The summed E-state index contributed by atoms with van der Waals surface area (Å²) < 4.78 is 13.3. The standard InChI is InChI=1S/C13H9BrFNO2/c14-10-7-8(15)5-6-9(10)13(18)16-11-3-1-2-4-12(11)17/h1-7,17H,(H,16,18).